The number of rotatable bonds is 1. The number of hydrogen-bond acceptors (Lipinski definition) is 2. The summed E-state index contributed by atoms with van der Waals surface area (Å²) in [6, 6.07) is 12.9. The van der Waals surface area contributed by atoms with Gasteiger partial charge in [-0.05, 0) is 24.3 Å². The summed E-state index contributed by atoms with van der Waals surface area (Å²) in [6.45, 7) is 0. The highest BCUT2D eigenvalue weighted by atomic mass is 35.5. The van der Waals surface area contributed by atoms with Crippen molar-refractivity contribution in [2.45, 2.75) is 0 Å². The molecule has 3 aromatic rings. The summed E-state index contributed by atoms with van der Waals surface area (Å²) in [5.74, 6) is 0. The normalized spacial score (nSPS) is 10.8. The molecule has 0 spiro atoms. The Labute approximate surface area is 115 Å². The molecule has 3 nitrogen and oxygen atoms in total. The van der Waals surface area contributed by atoms with E-state index in [1.165, 1.54) is 0 Å². The van der Waals surface area contributed by atoms with Crippen LogP contribution in [-0.4, -0.2) is 9.55 Å². The predicted molar refractivity (Wildman–Crippen MR) is 77.4 cm³/mol. The van der Waals surface area contributed by atoms with Gasteiger partial charge >= 0.3 is 0 Å². The summed E-state index contributed by atoms with van der Waals surface area (Å²) >= 11 is 6.20. The van der Waals surface area contributed by atoms with Gasteiger partial charge in [-0.25, -0.2) is 0 Å². The third-order valence-corrected chi connectivity index (χ3v) is 3.49. The van der Waals surface area contributed by atoms with Crippen LogP contribution in [0.2, 0.25) is 5.02 Å². The van der Waals surface area contributed by atoms with Crippen LogP contribution in [0.5, 0.6) is 0 Å². The molecule has 0 bridgehead atoms. The zero-order valence-corrected chi connectivity index (χ0v) is 11.1. The summed E-state index contributed by atoms with van der Waals surface area (Å²) in [6.07, 6.45) is 1.68. The first-order valence-electron chi connectivity index (χ1n) is 5.88. The molecule has 1 aromatic carbocycles. The fraction of sp³-hybridized carbons (Fsp3) is 0.0667. The molecule has 2 heterocycles. The number of benzene rings is 1. The van der Waals surface area contributed by atoms with E-state index in [9.17, 15) is 4.79 Å². The maximum absolute atomic E-state index is 12.3. The van der Waals surface area contributed by atoms with Crippen molar-refractivity contribution in [3.63, 3.8) is 0 Å². The minimum absolute atomic E-state index is 0.0690. The topological polar surface area (TPSA) is 34.9 Å². The van der Waals surface area contributed by atoms with Crippen molar-refractivity contribution in [3.05, 3.63) is 64.0 Å². The van der Waals surface area contributed by atoms with Gasteiger partial charge in [0.1, 0.15) is 0 Å². The summed E-state index contributed by atoms with van der Waals surface area (Å²) < 4.78 is 1.60. The van der Waals surface area contributed by atoms with E-state index >= 15 is 0 Å². The monoisotopic (exact) mass is 270 g/mol. The fourth-order valence-electron chi connectivity index (χ4n) is 2.16. The third-order valence-electron chi connectivity index (χ3n) is 3.16. The number of aromatic nitrogens is 2. The molecule has 0 N–H and O–H groups in total. The minimum Gasteiger partial charge on any atom is -0.311 e. The van der Waals surface area contributed by atoms with Crippen LogP contribution in [0.4, 0.5) is 0 Å². The number of pyridine rings is 2. The molecule has 0 saturated carbocycles. The first-order chi connectivity index (χ1) is 9.18. The van der Waals surface area contributed by atoms with E-state index in [1.54, 1.807) is 29.9 Å². The lowest BCUT2D eigenvalue weighted by Crippen LogP contribution is -2.18. The number of nitrogens with zero attached hydrogens (tertiary/aromatic N) is 2. The van der Waals surface area contributed by atoms with Gasteiger partial charge in [0.25, 0.3) is 5.56 Å². The lowest BCUT2D eigenvalue weighted by atomic mass is 10.1. The molecule has 94 valence electrons. The molecule has 0 aliphatic rings. The van der Waals surface area contributed by atoms with Crippen LogP contribution in [0.1, 0.15) is 0 Å². The smallest absolute Gasteiger partial charge is 0.260 e. The third kappa shape index (κ3) is 1.92. The Balaban J connectivity index is 2.40. The van der Waals surface area contributed by atoms with Crippen molar-refractivity contribution in [2.24, 2.45) is 7.05 Å². The molecule has 0 unspecified atom stereocenters. The standard InChI is InChI=1S/C15H11ClN2O/c1-18-14(10-5-2-3-7-12(10)16)9-13-11(15(18)19)6-4-8-17-13/h2-9H,1H3. The molecule has 0 atom stereocenters. The van der Waals surface area contributed by atoms with Crippen LogP contribution in [-0.2, 0) is 7.05 Å². The molecular formula is C15H11ClN2O. The Bertz CT molecular complexity index is 824. The van der Waals surface area contributed by atoms with Crippen LogP contribution in [0.3, 0.4) is 0 Å². The quantitative estimate of drug-likeness (QED) is 0.680. The van der Waals surface area contributed by atoms with Gasteiger partial charge in [-0.3, -0.25) is 9.78 Å². The Hall–Kier alpha value is -2.13. The number of halogens is 1. The van der Waals surface area contributed by atoms with Crippen molar-refractivity contribution in [2.75, 3.05) is 0 Å². The van der Waals surface area contributed by atoms with E-state index in [0.29, 0.717) is 15.9 Å². The molecule has 0 aliphatic carbocycles. The molecule has 2 aromatic heterocycles. The van der Waals surface area contributed by atoms with E-state index in [0.717, 1.165) is 11.3 Å². The SMILES string of the molecule is Cn1c(-c2ccccc2Cl)cc2ncccc2c1=O. The van der Waals surface area contributed by atoms with Crippen LogP contribution >= 0.6 is 11.6 Å². The second-order valence-corrected chi connectivity index (χ2v) is 4.72. The van der Waals surface area contributed by atoms with Crippen LogP contribution < -0.4 is 5.56 Å². The van der Waals surface area contributed by atoms with Gasteiger partial charge in [0.15, 0.2) is 0 Å². The highest BCUT2D eigenvalue weighted by Gasteiger charge is 2.10. The van der Waals surface area contributed by atoms with E-state index in [2.05, 4.69) is 4.98 Å². The van der Waals surface area contributed by atoms with Crippen molar-refractivity contribution in [3.8, 4) is 11.3 Å². The van der Waals surface area contributed by atoms with E-state index in [-0.39, 0.29) is 5.56 Å². The Kier molecular flexibility index (Phi) is 2.84. The average molecular weight is 271 g/mol. The van der Waals surface area contributed by atoms with Gasteiger partial charge in [0, 0.05) is 23.8 Å². The number of fused-ring (bicyclic) bond motifs is 1. The average Bonchev–Trinajstić information content (AvgIpc) is 2.44. The second kappa shape index (κ2) is 4.52. The van der Waals surface area contributed by atoms with Gasteiger partial charge in [0.05, 0.1) is 16.6 Å². The lowest BCUT2D eigenvalue weighted by Gasteiger charge is -2.11. The molecule has 0 aliphatic heterocycles. The van der Waals surface area contributed by atoms with E-state index < -0.39 is 0 Å². The Morgan fingerprint density at radius 1 is 1.16 bits per heavy atom. The first-order valence-corrected chi connectivity index (χ1v) is 6.26. The summed E-state index contributed by atoms with van der Waals surface area (Å²) in [4.78, 5) is 16.6. The molecular weight excluding hydrogens is 260 g/mol. The van der Waals surface area contributed by atoms with Crippen LogP contribution in [0.25, 0.3) is 22.2 Å². The molecule has 0 saturated heterocycles. The summed E-state index contributed by atoms with van der Waals surface area (Å²) in [5.41, 5.74) is 2.21. The molecule has 4 heteroatoms. The Morgan fingerprint density at radius 2 is 1.95 bits per heavy atom. The number of hydrogen-bond donors (Lipinski definition) is 0. The van der Waals surface area contributed by atoms with Gasteiger partial charge < -0.3 is 4.57 Å². The largest absolute Gasteiger partial charge is 0.311 e. The van der Waals surface area contributed by atoms with Gasteiger partial charge in [-0.2, -0.15) is 0 Å². The molecule has 0 fully saturated rings. The van der Waals surface area contributed by atoms with Crippen molar-refractivity contribution < 1.29 is 0 Å². The van der Waals surface area contributed by atoms with Crippen LogP contribution in [0, 0.1) is 0 Å². The van der Waals surface area contributed by atoms with Gasteiger partial charge in [-0.1, -0.05) is 29.8 Å². The van der Waals surface area contributed by atoms with Gasteiger partial charge in [0.2, 0.25) is 0 Å². The second-order valence-electron chi connectivity index (χ2n) is 4.31. The fourth-order valence-corrected chi connectivity index (χ4v) is 2.39. The molecule has 19 heavy (non-hydrogen) atoms. The van der Waals surface area contributed by atoms with Crippen molar-refractivity contribution >= 4 is 22.5 Å². The highest BCUT2D eigenvalue weighted by molar-refractivity contribution is 6.33. The summed E-state index contributed by atoms with van der Waals surface area (Å²) in [7, 11) is 1.74. The zero-order valence-electron chi connectivity index (χ0n) is 10.3. The van der Waals surface area contributed by atoms with E-state index in [4.69, 9.17) is 11.6 Å². The van der Waals surface area contributed by atoms with E-state index in [1.807, 2.05) is 30.3 Å². The predicted octanol–water partition coefficient (Wildman–Crippen LogP) is 3.25. The maximum Gasteiger partial charge on any atom is 0.260 e. The molecule has 0 amide bonds. The van der Waals surface area contributed by atoms with Crippen molar-refractivity contribution in [1.82, 2.24) is 9.55 Å². The van der Waals surface area contributed by atoms with Gasteiger partial charge in [-0.15, -0.1) is 0 Å². The van der Waals surface area contributed by atoms with Crippen LogP contribution in [0.15, 0.2) is 53.5 Å². The zero-order chi connectivity index (χ0) is 13.4. The lowest BCUT2D eigenvalue weighted by molar-refractivity contribution is 0.882. The molecule has 0 radical (unpaired) electrons. The first kappa shape index (κ1) is 11.9. The Morgan fingerprint density at radius 3 is 2.74 bits per heavy atom. The highest BCUT2D eigenvalue weighted by Crippen LogP contribution is 2.27. The van der Waals surface area contributed by atoms with Crippen molar-refractivity contribution in [1.29, 1.82) is 0 Å². The maximum atomic E-state index is 12.3. The minimum atomic E-state index is -0.0690. The molecule has 3 rings (SSSR count). The summed E-state index contributed by atoms with van der Waals surface area (Å²) in [5, 5.41) is 1.23.